The summed E-state index contributed by atoms with van der Waals surface area (Å²) in [5.74, 6) is 0.552. The molecule has 1 atom stereocenters. The molecule has 1 N–H and O–H groups in total. The molecule has 0 saturated carbocycles. The first-order chi connectivity index (χ1) is 8.22. The zero-order valence-corrected chi connectivity index (χ0v) is 10.4. The molecule has 17 heavy (non-hydrogen) atoms. The molecule has 1 aliphatic heterocycles. The third-order valence-corrected chi connectivity index (χ3v) is 3.03. The van der Waals surface area contributed by atoms with Crippen LogP contribution in [0.25, 0.3) is 0 Å². The van der Waals surface area contributed by atoms with Crippen molar-refractivity contribution in [2.45, 2.75) is 19.4 Å². The van der Waals surface area contributed by atoms with Gasteiger partial charge in [-0.3, -0.25) is 0 Å². The van der Waals surface area contributed by atoms with Crippen LogP contribution in [0.4, 0.5) is 4.39 Å². The Morgan fingerprint density at radius 3 is 2.94 bits per heavy atom. The van der Waals surface area contributed by atoms with Crippen molar-refractivity contribution in [3.8, 4) is 0 Å². The van der Waals surface area contributed by atoms with Gasteiger partial charge in [-0.05, 0) is 30.3 Å². The Balaban J connectivity index is 2.31. The predicted octanol–water partition coefficient (Wildman–Crippen LogP) is 3.43. The maximum absolute atomic E-state index is 13.0. The minimum Gasteiger partial charge on any atom is -0.496 e. The molecule has 1 unspecified atom stereocenters. The molecule has 1 heterocycles. The lowest BCUT2D eigenvalue weighted by Gasteiger charge is -2.20. The van der Waals surface area contributed by atoms with Crippen LogP contribution in [-0.4, -0.2) is 13.2 Å². The number of halogens is 2. The first-order valence-electron chi connectivity index (χ1n) is 5.73. The molecule has 4 heteroatoms. The Morgan fingerprint density at radius 2 is 2.35 bits per heavy atom. The molecule has 1 aromatic carbocycles. The summed E-state index contributed by atoms with van der Waals surface area (Å²) in [7, 11) is 0. The largest absolute Gasteiger partial charge is 0.496 e. The number of hydrogen-bond donors (Lipinski definition) is 1. The van der Waals surface area contributed by atoms with E-state index in [9.17, 15) is 4.39 Å². The van der Waals surface area contributed by atoms with Gasteiger partial charge in [-0.1, -0.05) is 24.6 Å². The van der Waals surface area contributed by atoms with Crippen LogP contribution >= 0.6 is 11.6 Å². The molecule has 92 valence electrons. The van der Waals surface area contributed by atoms with Crippen LogP contribution in [0, 0.1) is 5.82 Å². The standard InChI is InChI=1S/C13H15ClFNO/c1-2-16-13(12-4-3-7-17-12)10-6-5-9(15)8-11(10)14/h4-6,8,13,16H,2-3,7H2,1H3. The summed E-state index contributed by atoms with van der Waals surface area (Å²) in [6.07, 6.45) is 2.96. The molecule has 1 aliphatic rings. The van der Waals surface area contributed by atoms with Gasteiger partial charge in [0.2, 0.25) is 0 Å². The smallest absolute Gasteiger partial charge is 0.124 e. The van der Waals surface area contributed by atoms with E-state index in [1.165, 1.54) is 12.1 Å². The van der Waals surface area contributed by atoms with Gasteiger partial charge < -0.3 is 10.1 Å². The summed E-state index contributed by atoms with van der Waals surface area (Å²) < 4.78 is 18.6. The van der Waals surface area contributed by atoms with E-state index in [-0.39, 0.29) is 11.9 Å². The molecule has 0 amide bonds. The molecule has 0 aromatic heterocycles. The van der Waals surface area contributed by atoms with Crippen molar-refractivity contribution < 1.29 is 9.13 Å². The second-order valence-electron chi connectivity index (χ2n) is 3.90. The molecule has 0 radical (unpaired) electrons. The minimum atomic E-state index is -0.324. The molecular formula is C13H15ClFNO. The first kappa shape index (κ1) is 12.4. The third-order valence-electron chi connectivity index (χ3n) is 2.70. The van der Waals surface area contributed by atoms with Gasteiger partial charge in [0.05, 0.1) is 12.6 Å². The first-order valence-corrected chi connectivity index (χ1v) is 6.11. The normalized spacial score (nSPS) is 16.5. The number of ether oxygens (including phenoxy) is 1. The van der Waals surface area contributed by atoms with Crippen molar-refractivity contribution in [1.82, 2.24) is 5.32 Å². The summed E-state index contributed by atoms with van der Waals surface area (Å²) in [5, 5.41) is 3.72. The van der Waals surface area contributed by atoms with Crippen molar-refractivity contribution in [1.29, 1.82) is 0 Å². The lowest BCUT2D eigenvalue weighted by Crippen LogP contribution is -2.23. The van der Waals surface area contributed by atoms with Crippen LogP contribution in [0.2, 0.25) is 5.02 Å². The molecule has 0 bridgehead atoms. The van der Waals surface area contributed by atoms with Crippen molar-refractivity contribution in [2.24, 2.45) is 0 Å². The molecular weight excluding hydrogens is 241 g/mol. The lowest BCUT2D eigenvalue weighted by atomic mass is 10.0. The number of benzene rings is 1. The average molecular weight is 256 g/mol. The van der Waals surface area contributed by atoms with Crippen molar-refractivity contribution in [3.05, 3.63) is 46.4 Å². The number of rotatable bonds is 4. The Morgan fingerprint density at radius 1 is 1.53 bits per heavy atom. The summed E-state index contributed by atoms with van der Waals surface area (Å²) in [4.78, 5) is 0. The van der Waals surface area contributed by atoms with Crippen LogP contribution < -0.4 is 5.32 Å². The highest BCUT2D eigenvalue weighted by Gasteiger charge is 2.22. The van der Waals surface area contributed by atoms with Gasteiger partial charge in [0.1, 0.15) is 11.6 Å². The van der Waals surface area contributed by atoms with Gasteiger partial charge in [0.15, 0.2) is 0 Å². The van der Waals surface area contributed by atoms with Crippen molar-refractivity contribution in [2.75, 3.05) is 13.2 Å². The number of nitrogens with one attached hydrogen (secondary N) is 1. The summed E-state index contributed by atoms with van der Waals surface area (Å²) in [5.41, 5.74) is 0.850. The lowest BCUT2D eigenvalue weighted by molar-refractivity contribution is 0.216. The van der Waals surface area contributed by atoms with E-state index < -0.39 is 0 Å². The highest BCUT2D eigenvalue weighted by atomic mass is 35.5. The number of hydrogen-bond acceptors (Lipinski definition) is 2. The minimum absolute atomic E-state index is 0.0874. The van der Waals surface area contributed by atoms with Gasteiger partial charge in [0.25, 0.3) is 0 Å². The zero-order chi connectivity index (χ0) is 12.3. The molecule has 0 fully saturated rings. The highest BCUT2D eigenvalue weighted by Crippen LogP contribution is 2.31. The fraction of sp³-hybridized carbons (Fsp3) is 0.385. The van der Waals surface area contributed by atoms with Gasteiger partial charge in [-0.2, -0.15) is 0 Å². The quantitative estimate of drug-likeness (QED) is 0.890. The third kappa shape index (κ3) is 2.79. The fourth-order valence-corrected chi connectivity index (χ4v) is 2.22. The Bertz CT molecular complexity index is 433. The van der Waals surface area contributed by atoms with E-state index >= 15 is 0 Å². The van der Waals surface area contributed by atoms with Gasteiger partial charge in [-0.25, -0.2) is 4.39 Å². The van der Waals surface area contributed by atoms with E-state index in [4.69, 9.17) is 16.3 Å². The van der Waals surface area contributed by atoms with E-state index in [2.05, 4.69) is 5.32 Å². The molecule has 0 spiro atoms. The van der Waals surface area contributed by atoms with E-state index in [0.717, 1.165) is 24.3 Å². The predicted molar refractivity (Wildman–Crippen MR) is 66.5 cm³/mol. The van der Waals surface area contributed by atoms with Crippen LogP contribution in [0.1, 0.15) is 24.9 Å². The maximum atomic E-state index is 13.0. The second-order valence-corrected chi connectivity index (χ2v) is 4.31. The maximum Gasteiger partial charge on any atom is 0.124 e. The van der Waals surface area contributed by atoms with E-state index in [1.807, 2.05) is 13.0 Å². The van der Waals surface area contributed by atoms with E-state index in [0.29, 0.717) is 11.6 Å². The molecule has 2 rings (SSSR count). The van der Waals surface area contributed by atoms with Crippen molar-refractivity contribution in [3.63, 3.8) is 0 Å². The highest BCUT2D eigenvalue weighted by molar-refractivity contribution is 6.31. The molecule has 0 aliphatic carbocycles. The second kappa shape index (κ2) is 5.52. The summed E-state index contributed by atoms with van der Waals surface area (Å²) in [6, 6.07) is 4.36. The molecule has 1 aromatic rings. The molecule has 2 nitrogen and oxygen atoms in total. The van der Waals surface area contributed by atoms with Crippen LogP contribution in [0.5, 0.6) is 0 Å². The fourth-order valence-electron chi connectivity index (χ4n) is 1.94. The molecule has 0 saturated heterocycles. The summed E-state index contributed by atoms with van der Waals surface area (Å²) in [6.45, 7) is 3.51. The van der Waals surface area contributed by atoms with Crippen LogP contribution in [0.15, 0.2) is 30.0 Å². The topological polar surface area (TPSA) is 21.3 Å². The Labute approximate surface area is 105 Å². The number of likely N-dealkylation sites (N-methyl/N-ethyl adjacent to an activating group) is 1. The van der Waals surface area contributed by atoms with Gasteiger partial charge >= 0.3 is 0 Å². The van der Waals surface area contributed by atoms with Crippen LogP contribution in [0.3, 0.4) is 0 Å². The zero-order valence-electron chi connectivity index (χ0n) is 9.67. The SMILES string of the molecule is CCNC(C1=CCCO1)c1ccc(F)cc1Cl. The Kier molecular flexibility index (Phi) is 4.02. The van der Waals surface area contributed by atoms with Gasteiger partial charge in [-0.15, -0.1) is 0 Å². The van der Waals surface area contributed by atoms with Gasteiger partial charge in [0, 0.05) is 11.4 Å². The Hall–Kier alpha value is -1.06. The van der Waals surface area contributed by atoms with Crippen LogP contribution in [-0.2, 0) is 4.74 Å². The monoisotopic (exact) mass is 255 g/mol. The van der Waals surface area contributed by atoms with Crippen molar-refractivity contribution >= 4 is 11.6 Å². The average Bonchev–Trinajstić information content (AvgIpc) is 2.80. The van der Waals surface area contributed by atoms with E-state index in [1.54, 1.807) is 6.07 Å². The summed E-state index contributed by atoms with van der Waals surface area (Å²) >= 11 is 6.08.